The van der Waals surface area contributed by atoms with Gasteiger partial charge in [-0.3, -0.25) is 9.59 Å². The number of methoxy groups -OCH3 is 1. The van der Waals surface area contributed by atoms with E-state index >= 15 is 0 Å². The summed E-state index contributed by atoms with van der Waals surface area (Å²) in [5.41, 5.74) is 2.37. The van der Waals surface area contributed by atoms with E-state index in [0.29, 0.717) is 19.4 Å². The molecule has 1 unspecified atom stereocenters. The molecule has 0 bridgehead atoms. The molecule has 1 N–H and O–H groups in total. The number of rotatable bonds is 6. The van der Waals surface area contributed by atoms with E-state index in [0.717, 1.165) is 23.1 Å². The molecule has 142 valence electrons. The summed E-state index contributed by atoms with van der Waals surface area (Å²) in [6.07, 6.45) is 1.93. The number of carbonyl (C=O) groups excluding carboxylic acids is 2. The highest BCUT2D eigenvalue weighted by molar-refractivity contribution is 5.93. The molecule has 0 aliphatic carbocycles. The van der Waals surface area contributed by atoms with Crippen LogP contribution < -0.4 is 5.32 Å². The normalized spacial score (nSPS) is 19.1. The minimum Gasteiger partial charge on any atom is -0.375 e. The molecule has 1 atom stereocenters. The number of ether oxygens (including phenoxy) is 1. The van der Waals surface area contributed by atoms with E-state index in [1.54, 1.807) is 11.9 Å². The van der Waals surface area contributed by atoms with Gasteiger partial charge in [0.05, 0.1) is 0 Å². The molecule has 0 saturated carbocycles. The van der Waals surface area contributed by atoms with Crippen molar-refractivity contribution in [1.82, 2.24) is 10.2 Å². The Morgan fingerprint density at radius 3 is 2.52 bits per heavy atom. The maximum Gasteiger partial charge on any atom is 0.249 e. The quantitative estimate of drug-likeness (QED) is 0.855. The van der Waals surface area contributed by atoms with Gasteiger partial charge >= 0.3 is 0 Å². The molecule has 1 aliphatic heterocycles. The number of benzene rings is 2. The Morgan fingerprint density at radius 2 is 1.81 bits per heavy atom. The Hall–Kier alpha value is -2.66. The highest BCUT2D eigenvalue weighted by atomic mass is 16.5. The molecule has 1 saturated heterocycles. The summed E-state index contributed by atoms with van der Waals surface area (Å²) < 4.78 is 5.04. The van der Waals surface area contributed by atoms with Gasteiger partial charge in [-0.1, -0.05) is 54.6 Å². The molecule has 27 heavy (non-hydrogen) atoms. The van der Waals surface area contributed by atoms with Gasteiger partial charge < -0.3 is 15.0 Å². The SMILES string of the molecule is CNC(=O)C1(Cc2ccccc2-c2ccccc2)CCCN1C(=O)COC. The fourth-order valence-corrected chi connectivity index (χ4v) is 4.07. The van der Waals surface area contributed by atoms with Crippen LogP contribution in [0.15, 0.2) is 54.6 Å². The lowest BCUT2D eigenvalue weighted by molar-refractivity contribution is -0.147. The van der Waals surface area contributed by atoms with Crippen molar-refractivity contribution < 1.29 is 14.3 Å². The lowest BCUT2D eigenvalue weighted by Crippen LogP contribution is -2.58. The van der Waals surface area contributed by atoms with Crippen LogP contribution in [0, 0.1) is 0 Å². The van der Waals surface area contributed by atoms with Gasteiger partial charge in [-0.2, -0.15) is 0 Å². The molecule has 5 nitrogen and oxygen atoms in total. The number of amides is 2. The highest BCUT2D eigenvalue weighted by Gasteiger charge is 2.49. The van der Waals surface area contributed by atoms with Gasteiger partial charge in [0, 0.05) is 27.1 Å². The summed E-state index contributed by atoms with van der Waals surface area (Å²) in [6.45, 7) is 0.558. The molecule has 1 aliphatic rings. The first-order chi connectivity index (χ1) is 13.1. The fourth-order valence-electron chi connectivity index (χ4n) is 4.07. The molecule has 1 fully saturated rings. The van der Waals surface area contributed by atoms with Gasteiger partial charge in [0.2, 0.25) is 11.8 Å². The summed E-state index contributed by atoms with van der Waals surface area (Å²) >= 11 is 0. The van der Waals surface area contributed by atoms with Crippen molar-refractivity contribution in [1.29, 1.82) is 0 Å². The lowest BCUT2D eigenvalue weighted by Gasteiger charge is -2.37. The van der Waals surface area contributed by atoms with Crippen molar-refractivity contribution in [2.24, 2.45) is 0 Å². The molecule has 2 aromatic carbocycles. The van der Waals surface area contributed by atoms with Crippen LogP contribution in [0.1, 0.15) is 18.4 Å². The molecule has 0 radical (unpaired) electrons. The minimum absolute atomic E-state index is 0.0148. The van der Waals surface area contributed by atoms with Gasteiger partial charge in [-0.05, 0) is 29.5 Å². The standard InChI is InChI=1S/C22H26N2O3/c1-23-21(26)22(13-8-14-24(22)20(25)16-27-2)15-18-11-6-7-12-19(18)17-9-4-3-5-10-17/h3-7,9-12H,8,13-16H2,1-2H3,(H,23,26). The maximum absolute atomic E-state index is 13.0. The zero-order valence-electron chi connectivity index (χ0n) is 15.9. The third-order valence-corrected chi connectivity index (χ3v) is 5.29. The van der Waals surface area contributed by atoms with Crippen LogP contribution in [0.4, 0.5) is 0 Å². The van der Waals surface area contributed by atoms with Crippen molar-refractivity contribution in [2.45, 2.75) is 24.8 Å². The molecule has 5 heteroatoms. The Kier molecular flexibility index (Phi) is 5.91. The average molecular weight is 366 g/mol. The molecule has 0 spiro atoms. The zero-order valence-corrected chi connectivity index (χ0v) is 15.9. The number of likely N-dealkylation sites (N-methyl/N-ethyl adjacent to an activating group) is 1. The van der Waals surface area contributed by atoms with Crippen molar-refractivity contribution in [2.75, 3.05) is 27.3 Å². The van der Waals surface area contributed by atoms with Gasteiger partial charge in [-0.15, -0.1) is 0 Å². The third-order valence-electron chi connectivity index (χ3n) is 5.29. The van der Waals surface area contributed by atoms with Gasteiger partial charge in [-0.25, -0.2) is 0 Å². The first-order valence-electron chi connectivity index (χ1n) is 9.27. The molecule has 2 aromatic rings. The van der Waals surface area contributed by atoms with Crippen LogP contribution in [0.25, 0.3) is 11.1 Å². The van der Waals surface area contributed by atoms with Crippen LogP contribution in [-0.4, -0.2) is 49.6 Å². The third kappa shape index (κ3) is 3.74. The van der Waals surface area contributed by atoms with Crippen molar-refractivity contribution >= 4 is 11.8 Å². The van der Waals surface area contributed by atoms with E-state index in [9.17, 15) is 9.59 Å². The summed E-state index contributed by atoms with van der Waals surface area (Å²) in [5, 5.41) is 2.78. The van der Waals surface area contributed by atoms with Crippen LogP contribution in [-0.2, 0) is 20.7 Å². The van der Waals surface area contributed by atoms with Gasteiger partial charge in [0.15, 0.2) is 0 Å². The monoisotopic (exact) mass is 366 g/mol. The second-order valence-electron chi connectivity index (χ2n) is 6.89. The number of carbonyl (C=O) groups is 2. The van der Waals surface area contributed by atoms with Crippen molar-refractivity contribution in [3.8, 4) is 11.1 Å². The summed E-state index contributed by atoms with van der Waals surface area (Å²) in [4.78, 5) is 27.3. The fraction of sp³-hybridized carbons (Fsp3) is 0.364. The topological polar surface area (TPSA) is 58.6 Å². The zero-order chi connectivity index (χ0) is 19.3. The largest absolute Gasteiger partial charge is 0.375 e. The number of nitrogens with zero attached hydrogens (tertiary/aromatic N) is 1. The molecular weight excluding hydrogens is 340 g/mol. The number of hydrogen-bond acceptors (Lipinski definition) is 3. The van der Waals surface area contributed by atoms with Crippen LogP contribution in [0.2, 0.25) is 0 Å². The van der Waals surface area contributed by atoms with E-state index < -0.39 is 5.54 Å². The van der Waals surface area contributed by atoms with Crippen molar-refractivity contribution in [3.63, 3.8) is 0 Å². The maximum atomic E-state index is 13.0. The van der Waals surface area contributed by atoms with Gasteiger partial charge in [0.1, 0.15) is 12.1 Å². The second kappa shape index (κ2) is 8.35. The predicted molar refractivity (Wildman–Crippen MR) is 105 cm³/mol. The Morgan fingerprint density at radius 1 is 1.11 bits per heavy atom. The molecule has 1 heterocycles. The van der Waals surface area contributed by atoms with E-state index in [1.807, 2.05) is 36.4 Å². The minimum atomic E-state index is -0.880. The summed E-state index contributed by atoms with van der Waals surface area (Å²) in [6, 6.07) is 18.2. The lowest BCUT2D eigenvalue weighted by atomic mass is 9.84. The average Bonchev–Trinajstić information content (AvgIpc) is 3.13. The molecule has 0 aromatic heterocycles. The smallest absolute Gasteiger partial charge is 0.249 e. The van der Waals surface area contributed by atoms with Crippen molar-refractivity contribution in [3.05, 3.63) is 60.2 Å². The number of hydrogen-bond donors (Lipinski definition) is 1. The number of likely N-dealkylation sites (tertiary alicyclic amines) is 1. The van der Waals surface area contributed by atoms with E-state index in [1.165, 1.54) is 7.11 Å². The first-order valence-corrected chi connectivity index (χ1v) is 9.27. The predicted octanol–water partition coefficient (Wildman–Crippen LogP) is 2.65. The molecular formula is C22H26N2O3. The first kappa shape index (κ1) is 19.1. The van der Waals surface area contributed by atoms with E-state index in [4.69, 9.17) is 4.74 Å². The molecule has 2 amide bonds. The Labute approximate surface area is 160 Å². The van der Waals surface area contributed by atoms with Crippen LogP contribution >= 0.6 is 0 Å². The summed E-state index contributed by atoms with van der Waals surface area (Å²) in [7, 11) is 3.13. The number of nitrogens with one attached hydrogen (secondary N) is 1. The van der Waals surface area contributed by atoms with E-state index in [-0.39, 0.29) is 18.4 Å². The Balaban J connectivity index is 2.02. The Bertz CT molecular complexity index is 806. The molecule has 3 rings (SSSR count). The second-order valence-corrected chi connectivity index (χ2v) is 6.89. The van der Waals surface area contributed by atoms with E-state index in [2.05, 4.69) is 23.5 Å². The van der Waals surface area contributed by atoms with Crippen LogP contribution in [0.5, 0.6) is 0 Å². The van der Waals surface area contributed by atoms with Gasteiger partial charge in [0.25, 0.3) is 0 Å². The summed E-state index contributed by atoms with van der Waals surface area (Å²) in [5.74, 6) is -0.261. The highest BCUT2D eigenvalue weighted by Crippen LogP contribution is 2.36. The van der Waals surface area contributed by atoms with Crippen LogP contribution in [0.3, 0.4) is 0 Å².